The summed E-state index contributed by atoms with van der Waals surface area (Å²) in [6.07, 6.45) is -3.48. The van der Waals surface area contributed by atoms with Crippen LogP contribution in [0.3, 0.4) is 0 Å². The van der Waals surface area contributed by atoms with Crippen LogP contribution in [-0.2, 0) is 15.8 Å². The van der Waals surface area contributed by atoms with Crippen LogP contribution in [0.4, 0.5) is 13.2 Å². The van der Waals surface area contributed by atoms with E-state index in [1.54, 1.807) is 0 Å². The molecule has 1 aliphatic rings. The Balaban J connectivity index is 1.84. The molecule has 5 nitrogen and oxygen atoms in total. The minimum atomic E-state index is -4.54. The second kappa shape index (κ2) is 9.30. The van der Waals surface area contributed by atoms with Crippen LogP contribution in [0.2, 0.25) is 0 Å². The number of carbonyl (C=O) groups is 2. The summed E-state index contributed by atoms with van der Waals surface area (Å²) in [6.45, 7) is 6.33. The highest BCUT2D eigenvalue weighted by atomic mass is 19.4. The number of nitrogens with zero attached hydrogens (tertiary/aromatic N) is 1. The maximum absolute atomic E-state index is 13.0. The van der Waals surface area contributed by atoms with Gasteiger partial charge in [0.2, 0.25) is 5.91 Å². The quantitative estimate of drug-likeness (QED) is 0.795. The van der Waals surface area contributed by atoms with E-state index in [9.17, 15) is 22.8 Å². The van der Waals surface area contributed by atoms with E-state index in [2.05, 4.69) is 5.32 Å². The molecule has 1 saturated heterocycles. The molecule has 0 bridgehead atoms. The minimum absolute atomic E-state index is 0.0105. The van der Waals surface area contributed by atoms with Crippen molar-refractivity contribution in [1.82, 2.24) is 10.2 Å². The van der Waals surface area contributed by atoms with Crippen LogP contribution in [0.25, 0.3) is 0 Å². The fourth-order valence-electron chi connectivity index (χ4n) is 2.96. The number of amides is 2. The third-order valence-electron chi connectivity index (χ3n) is 5.13. The van der Waals surface area contributed by atoms with Crippen LogP contribution >= 0.6 is 0 Å². The molecule has 1 aromatic rings. The lowest BCUT2D eigenvalue weighted by Crippen LogP contribution is -2.46. The summed E-state index contributed by atoms with van der Waals surface area (Å²) in [5.41, 5.74) is -0.905. The van der Waals surface area contributed by atoms with E-state index in [4.69, 9.17) is 4.74 Å². The van der Waals surface area contributed by atoms with Crippen LogP contribution in [0.1, 0.15) is 39.2 Å². The zero-order valence-corrected chi connectivity index (χ0v) is 16.4. The van der Waals surface area contributed by atoms with Crippen molar-refractivity contribution in [3.63, 3.8) is 0 Å². The zero-order valence-electron chi connectivity index (χ0n) is 16.4. The number of alkyl halides is 3. The standard InChI is InChI=1S/C20H27F3N2O3/c1-13(2)14(3)24-19(27)15-8-10-25(11-9-15)18(26)12-28-17-7-5-4-6-16(17)20(21,22)23/h4-7,13-15H,8-12H2,1-3H3,(H,24,27). The molecule has 2 rings (SSSR count). The highest BCUT2D eigenvalue weighted by molar-refractivity contribution is 5.80. The van der Waals surface area contributed by atoms with E-state index in [-0.39, 0.29) is 29.5 Å². The van der Waals surface area contributed by atoms with E-state index in [0.717, 1.165) is 6.07 Å². The lowest BCUT2D eigenvalue weighted by atomic mass is 9.95. The van der Waals surface area contributed by atoms with E-state index in [1.807, 2.05) is 20.8 Å². The van der Waals surface area contributed by atoms with Crippen LogP contribution in [0.15, 0.2) is 24.3 Å². The summed E-state index contributed by atoms with van der Waals surface area (Å²) in [7, 11) is 0. The van der Waals surface area contributed by atoms with Crippen molar-refractivity contribution in [3.05, 3.63) is 29.8 Å². The lowest BCUT2D eigenvalue weighted by molar-refractivity contribution is -0.141. The minimum Gasteiger partial charge on any atom is -0.483 e. The van der Waals surface area contributed by atoms with Gasteiger partial charge in [-0.05, 0) is 37.8 Å². The van der Waals surface area contributed by atoms with E-state index in [1.165, 1.54) is 23.1 Å². The van der Waals surface area contributed by atoms with Gasteiger partial charge in [0.15, 0.2) is 6.61 Å². The van der Waals surface area contributed by atoms with Gasteiger partial charge in [0.05, 0.1) is 5.56 Å². The molecule has 28 heavy (non-hydrogen) atoms. The molecular formula is C20H27F3N2O3. The third kappa shape index (κ3) is 5.87. The highest BCUT2D eigenvalue weighted by Gasteiger charge is 2.34. The first-order valence-corrected chi connectivity index (χ1v) is 9.46. The predicted molar refractivity (Wildman–Crippen MR) is 98.7 cm³/mol. The first-order valence-electron chi connectivity index (χ1n) is 9.46. The fraction of sp³-hybridized carbons (Fsp3) is 0.600. The van der Waals surface area contributed by atoms with Crippen molar-refractivity contribution in [2.24, 2.45) is 11.8 Å². The van der Waals surface area contributed by atoms with Crippen molar-refractivity contribution >= 4 is 11.8 Å². The molecule has 1 aliphatic heterocycles. The molecule has 1 N–H and O–H groups in total. The summed E-state index contributed by atoms with van der Waals surface area (Å²) in [6, 6.07) is 4.89. The van der Waals surface area contributed by atoms with E-state index in [0.29, 0.717) is 31.8 Å². The molecule has 1 unspecified atom stereocenters. The molecule has 2 amide bonds. The van der Waals surface area contributed by atoms with Gasteiger partial charge in [0.25, 0.3) is 5.91 Å². The summed E-state index contributed by atoms with van der Waals surface area (Å²) < 4.78 is 44.1. The Morgan fingerprint density at radius 3 is 2.36 bits per heavy atom. The number of hydrogen-bond donors (Lipinski definition) is 1. The molecular weight excluding hydrogens is 373 g/mol. The molecule has 0 spiro atoms. The number of benzene rings is 1. The molecule has 0 aliphatic carbocycles. The van der Waals surface area contributed by atoms with E-state index < -0.39 is 18.3 Å². The summed E-state index contributed by atoms with van der Waals surface area (Å²) in [4.78, 5) is 26.1. The van der Waals surface area contributed by atoms with Crippen molar-refractivity contribution in [3.8, 4) is 5.75 Å². The summed E-state index contributed by atoms with van der Waals surface area (Å²) in [5, 5.41) is 2.99. The molecule has 0 radical (unpaired) electrons. The molecule has 0 aromatic heterocycles. The number of ether oxygens (including phenoxy) is 1. The third-order valence-corrected chi connectivity index (χ3v) is 5.13. The van der Waals surface area contributed by atoms with Crippen LogP contribution in [-0.4, -0.2) is 42.5 Å². The van der Waals surface area contributed by atoms with Gasteiger partial charge in [-0.15, -0.1) is 0 Å². The molecule has 1 heterocycles. The molecule has 1 aromatic carbocycles. The maximum Gasteiger partial charge on any atom is 0.419 e. The van der Waals surface area contributed by atoms with Gasteiger partial charge in [-0.2, -0.15) is 13.2 Å². The number of piperidine rings is 1. The fourth-order valence-corrected chi connectivity index (χ4v) is 2.96. The van der Waals surface area contributed by atoms with Crippen molar-refractivity contribution < 1.29 is 27.5 Å². The Bertz CT molecular complexity index is 684. The largest absolute Gasteiger partial charge is 0.483 e. The number of rotatable bonds is 6. The number of likely N-dealkylation sites (tertiary alicyclic amines) is 1. The van der Waals surface area contributed by atoms with Gasteiger partial charge >= 0.3 is 6.18 Å². The normalized spacial score (nSPS) is 16.8. The van der Waals surface area contributed by atoms with Gasteiger partial charge in [0, 0.05) is 25.0 Å². The van der Waals surface area contributed by atoms with Gasteiger partial charge in [-0.1, -0.05) is 26.0 Å². The number of halogens is 3. The first kappa shape index (κ1) is 22.0. The SMILES string of the molecule is CC(C)C(C)NC(=O)C1CCN(C(=O)COc2ccccc2C(F)(F)F)CC1. The smallest absolute Gasteiger partial charge is 0.419 e. The lowest BCUT2D eigenvalue weighted by Gasteiger charge is -2.32. The topological polar surface area (TPSA) is 58.6 Å². The molecule has 8 heteroatoms. The Kier molecular flexibility index (Phi) is 7.32. The molecule has 1 atom stereocenters. The van der Waals surface area contributed by atoms with Gasteiger partial charge in [0.1, 0.15) is 5.75 Å². The van der Waals surface area contributed by atoms with Crippen LogP contribution in [0.5, 0.6) is 5.75 Å². The Morgan fingerprint density at radius 2 is 1.79 bits per heavy atom. The Morgan fingerprint density at radius 1 is 1.18 bits per heavy atom. The number of para-hydroxylation sites is 1. The first-order chi connectivity index (χ1) is 13.1. The summed E-state index contributed by atoms with van der Waals surface area (Å²) >= 11 is 0. The van der Waals surface area contributed by atoms with Crippen molar-refractivity contribution in [1.29, 1.82) is 0 Å². The predicted octanol–water partition coefficient (Wildman–Crippen LogP) is 3.48. The van der Waals surface area contributed by atoms with Gasteiger partial charge < -0.3 is 15.0 Å². The molecule has 0 saturated carbocycles. The highest BCUT2D eigenvalue weighted by Crippen LogP contribution is 2.35. The van der Waals surface area contributed by atoms with Crippen LogP contribution in [0, 0.1) is 11.8 Å². The average Bonchev–Trinajstić information content (AvgIpc) is 2.65. The Labute approximate surface area is 163 Å². The monoisotopic (exact) mass is 400 g/mol. The second-order valence-corrected chi connectivity index (χ2v) is 7.48. The summed E-state index contributed by atoms with van der Waals surface area (Å²) in [5.74, 6) is -0.574. The van der Waals surface area contributed by atoms with Crippen molar-refractivity contribution in [2.75, 3.05) is 19.7 Å². The number of nitrogens with one attached hydrogen (secondary N) is 1. The second-order valence-electron chi connectivity index (χ2n) is 7.48. The number of hydrogen-bond acceptors (Lipinski definition) is 3. The van der Waals surface area contributed by atoms with Gasteiger partial charge in [-0.3, -0.25) is 9.59 Å². The Hall–Kier alpha value is -2.25. The number of carbonyl (C=O) groups excluding carboxylic acids is 2. The molecule has 156 valence electrons. The average molecular weight is 400 g/mol. The van der Waals surface area contributed by atoms with E-state index >= 15 is 0 Å². The molecule has 1 fully saturated rings. The van der Waals surface area contributed by atoms with Crippen molar-refractivity contribution in [2.45, 2.75) is 45.8 Å². The maximum atomic E-state index is 13.0. The van der Waals surface area contributed by atoms with Crippen LogP contribution < -0.4 is 10.1 Å². The zero-order chi connectivity index (χ0) is 20.9. The van der Waals surface area contributed by atoms with Gasteiger partial charge in [-0.25, -0.2) is 0 Å².